The monoisotopic (exact) mass is 688 g/mol. The van der Waals surface area contributed by atoms with Crippen molar-refractivity contribution in [3.63, 3.8) is 0 Å². The lowest BCUT2D eigenvalue weighted by atomic mass is 9.79. The summed E-state index contributed by atoms with van der Waals surface area (Å²) >= 11 is 0. The molecule has 1 aromatic heterocycles. The second kappa shape index (κ2) is 13.0. The molecule has 0 amide bonds. The molecule has 1 fully saturated rings. The van der Waals surface area contributed by atoms with Crippen LogP contribution in [0.15, 0.2) is 176 Å². The van der Waals surface area contributed by atoms with Gasteiger partial charge in [0.15, 0.2) is 0 Å². The first-order chi connectivity index (χ1) is 25.8. The Balaban J connectivity index is 1.04. The molecule has 0 unspecified atom stereocenters. The van der Waals surface area contributed by atoms with Gasteiger partial charge in [0.05, 0.1) is 22.2 Å². The maximum Gasteiger partial charge on any atom is 0.494 e. The highest BCUT2D eigenvalue weighted by molar-refractivity contribution is 6.62. The molecule has 0 aliphatic carbocycles. The van der Waals surface area contributed by atoms with Crippen molar-refractivity contribution < 1.29 is 9.31 Å². The van der Waals surface area contributed by atoms with Crippen LogP contribution in [0.25, 0.3) is 49.7 Å². The van der Waals surface area contributed by atoms with Crippen LogP contribution in [0.2, 0.25) is 0 Å². The van der Waals surface area contributed by atoms with Crippen molar-refractivity contribution in [1.82, 2.24) is 4.57 Å². The molecular weight excluding hydrogens is 647 g/mol. The van der Waals surface area contributed by atoms with Gasteiger partial charge in [0.2, 0.25) is 0 Å². The van der Waals surface area contributed by atoms with Gasteiger partial charge in [-0.05, 0) is 116 Å². The molecule has 0 atom stereocenters. The van der Waals surface area contributed by atoms with E-state index in [2.05, 4.69) is 213 Å². The molecule has 0 N–H and O–H groups in total. The molecule has 2 heterocycles. The summed E-state index contributed by atoms with van der Waals surface area (Å²) in [5.74, 6) is 0. The molecule has 53 heavy (non-hydrogen) atoms. The van der Waals surface area contributed by atoms with E-state index >= 15 is 0 Å². The van der Waals surface area contributed by atoms with Gasteiger partial charge >= 0.3 is 7.12 Å². The molecular formula is C48H41BN2O2. The number of rotatable bonds is 7. The maximum atomic E-state index is 6.36. The summed E-state index contributed by atoms with van der Waals surface area (Å²) in [7, 11) is -0.409. The van der Waals surface area contributed by atoms with Crippen molar-refractivity contribution in [1.29, 1.82) is 0 Å². The van der Waals surface area contributed by atoms with Crippen molar-refractivity contribution in [3.8, 4) is 27.9 Å². The Hall–Kier alpha value is -5.88. The normalized spacial score (nSPS) is 14.9. The van der Waals surface area contributed by atoms with E-state index in [0.29, 0.717) is 0 Å². The molecule has 4 nitrogen and oxygen atoms in total. The predicted octanol–water partition coefficient (Wildman–Crippen LogP) is 11.9. The summed E-state index contributed by atoms with van der Waals surface area (Å²) in [6.45, 7) is 8.36. The molecule has 1 aliphatic heterocycles. The van der Waals surface area contributed by atoms with Gasteiger partial charge in [0.1, 0.15) is 0 Å². The lowest BCUT2D eigenvalue weighted by Crippen LogP contribution is -2.41. The Kier molecular flexibility index (Phi) is 8.07. The van der Waals surface area contributed by atoms with Crippen LogP contribution in [0.3, 0.4) is 0 Å². The van der Waals surface area contributed by atoms with Crippen molar-refractivity contribution in [2.75, 3.05) is 4.90 Å². The van der Waals surface area contributed by atoms with E-state index in [9.17, 15) is 0 Å². The van der Waals surface area contributed by atoms with Gasteiger partial charge in [-0.25, -0.2) is 0 Å². The molecule has 0 saturated carbocycles. The Morgan fingerprint density at radius 2 is 0.792 bits per heavy atom. The van der Waals surface area contributed by atoms with Gasteiger partial charge in [-0.15, -0.1) is 0 Å². The molecule has 5 heteroatoms. The first-order valence-corrected chi connectivity index (χ1v) is 18.4. The Morgan fingerprint density at radius 1 is 0.415 bits per heavy atom. The maximum absolute atomic E-state index is 6.36. The zero-order valence-electron chi connectivity index (χ0n) is 30.5. The third kappa shape index (κ3) is 5.92. The fourth-order valence-corrected chi connectivity index (χ4v) is 7.45. The minimum absolute atomic E-state index is 0.393. The van der Waals surface area contributed by atoms with Crippen molar-refractivity contribution in [2.24, 2.45) is 0 Å². The summed E-state index contributed by atoms with van der Waals surface area (Å²) in [5, 5.41) is 2.54. The summed E-state index contributed by atoms with van der Waals surface area (Å²) in [4.78, 5) is 2.30. The molecule has 7 aromatic carbocycles. The van der Waals surface area contributed by atoms with E-state index in [0.717, 1.165) is 33.8 Å². The first-order valence-electron chi connectivity index (χ1n) is 18.4. The zero-order valence-corrected chi connectivity index (χ0v) is 30.5. The topological polar surface area (TPSA) is 26.6 Å². The van der Waals surface area contributed by atoms with E-state index < -0.39 is 18.3 Å². The Morgan fingerprint density at radius 3 is 1.26 bits per heavy atom. The van der Waals surface area contributed by atoms with E-state index in [1.165, 1.54) is 38.5 Å². The highest BCUT2D eigenvalue weighted by Gasteiger charge is 2.51. The average Bonchev–Trinajstić information content (AvgIpc) is 3.65. The van der Waals surface area contributed by atoms with Gasteiger partial charge in [-0.3, -0.25) is 0 Å². The summed E-state index contributed by atoms with van der Waals surface area (Å²) in [5.41, 5.74) is 11.7. The van der Waals surface area contributed by atoms with E-state index in [4.69, 9.17) is 9.31 Å². The predicted molar refractivity (Wildman–Crippen MR) is 222 cm³/mol. The third-order valence-corrected chi connectivity index (χ3v) is 11.1. The molecule has 1 saturated heterocycles. The number of aromatic nitrogens is 1. The van der Waals surface area contributed by atoms with Crippen molar-refractivity contribution in [3.05, 3.63) is 176 Å². The second-order valence-electron chi connectivity index (χ2n) is 14.9. The van der Waals surface area contributed by atoms with Gasteiger partial charge in [0.25, 0.3) is 0 Å². The summed E-state index contributed by atoms with van der Waals surface area (Å²) < 4.78 is 15.1. The van der Waals surface area contributed by atoms with Crippen LogP contribution in [0, 0.1) is 0 Å². The minimum Gasteiger partial charge on any atom is -0.399 e. The number of fused-ring (bicyclic) bond motifs is 3. The minimum atomic E-state index is -0.409. The third-order valence-electron chi connectivity index (χ3n) is 11.1. The van der Waals surface area contributed by atoms with Gasteiger partial charge in [-0.1, -0.05) is 115 Å². The number of nitrogens with zero attached hydrogens (tertiary/aromatic N) is 2. The number of anilines is 3. The second-order valence-corrected chi connectivity index (χ2v) is 14.9. The van der Waals surface area contributed by atoms with E-state index in [1.807, 2.05) is 0 Å². The molecule has 8 aromatic rings. The highest BCUT2D eigenvalue weighted by atomic mass is 16.7. The number of hydrogen-bond donors (Lipinski definition) is 0. The largest absolute Gasteiger partial charge is 0.494 e. The van der Waals surface area contributed by atoms with Gasteiger partial charge in [0, 0.05) is 33.5 Å². The van der Waals surface area contributed by atoms with Crippen LogP contribution in [0.4, 0.5) is 17.1 Å². The summed E-state index contributed by atoms with van der Waals surface area (Å²) in [6, 6.07) is 62.9. The lowest BCUT2D eigenvalue weighted by Gasteiger charge is -2.32. The van der Waals surface area contributed by atoms with Crippen LogP contribution < -0.4 is 10.4 Å². The first kappa shape index (κ1) is 33.0. The Labute approximate surface area is 312 Å². The molecule has 1 aliphatic rings. The molecule has 0 bridgehead atoms. The zero-order chi connectivity index (χ0) is 36.2. The van der Waals surface area contributed by atoms with Crippen LogP contribution in [-0.2, 0) is 9.31 Å². The molecule has 9 rings (SSSR count). The van der Waals surface area contributed by atoms with Crippen LogP contribution >= 0.6 is 0 Å². The fourth-order valence-electron chi connectivity index (χ4n) is 7.45. The fraction of sp³-hybridized carbons (Fsp3) is 0.125. The molecule has 258 valence electrons. The van der Waals surface area contributed by atoms with Crippen molar-refractivity contribution >= 4 is 51.4 Å². The smallest absolute Gasteiger partial charge is 0.399 e. The van der Waals surface area contributed by atoms with Gasteiger partial charge < -0.3 is 18.8 Å². The average molecular weight is 689 g/mol. The summed E-state index contributed by atoms with van der Waals surface area (Å²) in [6.07, 6.45) is 0. The number of para-hydroxylation sites is 2. The van der Waals surface area contributed by atoms with Crippen LogP contribution in [-0.4, -0.2) is 22.9 Å². The standard InChI is InChI=1S/C48H41BN2O2/c1-47(2)48(3,4)53-49(52-47)38-24-32-41(33-25-38)50(39-26-18-35(19-27-39)34-12-6-5-7-13-34)40-28-20-36(21-29-40)37-22-30-42(31-23-37)51-45-16-10-8-14-43(45)44-15-9-11-17-46(44)51/h5-33H,1-4H3. The Bertz CT molecular complexity index is 2470. The molecule has 0 radical (unpaired) electrons. The van der Waals surface area contributed by atoms with Gasteiger partial charge in [-0.2, -0.15) is 0 Å². The number of benzene rings is 7. The highest BCUT2D eigenvalue weighted by Crippen LogP contribution is 2.39. The molecule has 0 spiro atoms. The lowest BCUT2D eigenvalue weighted by molar-refractivity contribution is 0.00578. The van der Waals surface area contributed by atoms with Crippen molar-refractivity contribution in [2.45, 2.75) is 38.9 Å². The van der Waals surface area contributed by atoms with E-state index in [1.54, 1.807) is 0 Å². The SMILES string of the molecule is CC1(C)OB(c2ccc(N(c3ccc(-c4ccccc4)cc3)c3ccc(-c4ccc(-n5c6ccccc6c6ccccc65)cc4)cc3)cc2)OC1(C)C. The van der Waals surface area contributed by atoms with Crippen LogP contribution in [0.1, 0.15) is 27.7 Å². The number of hydrogen-bond acceptors (Lipinski definition) is 3. The van der Waals surface area contributed by atoms with E-state index in [-0.39, 0.29) is 0 Å². The quantitative estimate of drug-likeness (QED) is 0.156. The van der Waals surface area contributed by atoms with Crippen LogP contribution in [0.5, 0.6) is 0 Å².